The van der Waals surface area contributed by atoms with Crippen molar-refractivity contribution in [2.45, 2.75) is 71.8 Å². The van der Waals surface area contributed by atoms with Crippen molar-refractivity contribution in [3.05, 3.63) is 416 Å². The summed E-state index contributed by atoms with van der Waals surface area (Å²) in [7, 11) is 9.52. The molecule has 0 radical (unpaired) electrons. The second-order valence-electron chi connectivity index (χ2n) is 33.3. The number of thioether (sulfide) groups is 9. The number of halogens is 5. The molecule has 0 saturated carbocycles. The summed E-state index contributed by atoms with van der Waals surface area (Å²) in [5.41, 5.74) is 10.9. The number of likely N-dealkylation sites (N-methyl/N-ethyl adjacent to an activating group) is 3. The Bertz CT molecular complexity index is 7940. The van der Waals surface area contributed by atoms with Gasteiger partial charge >= 0.3 is 11.6 Å². The number of carbonyl (C=O) groups is 4. The number of aliphatic imine (C=N–C) groups is 4. The molecule has 9 aliphatic heterocycles. The van der Waals surface area contributed by atoms with Crippen LogP contribution >= 0.6 is 117 Å². The number of pyridine rings is 4. The summed E-state index contributed by atoms with van der Waals surface area (Å²) >= 11 is 14.3. The van der Waals surface area contributed by atoms with Crippen LogP contribution in [0.2, 0.25) is 0 Å². The number of allylic oxidation sites excluding steroid dienone is 1. The van der Waals surface area contributed by atoms with Crippen molar-refractivity contribution < 1.29 is 66.3 Å². The van der Waals surface area contributed by atoms with Crippen LogP contribution in [0.1, 0.15) is 43.0 Å². The zero-order valence-corrected chi connectivity index (χ0v) is 91.3. The van der Waals surface area contributed by atoms with Gasteiger partial charge in [0.1, 0.15) is 59.7 Å². The van der Waals surface area contributed by atoms with Gasteiger partial charge in [0.15, 0.2) is 16.0 Å². The number of amides is 4. The van der Waals surface area contributed by atoms with Crippen LogP contribution in [0.25, 0.3) is 16.0 Å². The van der Waals surface area contributed by atoms with Crippen LogP contribution in [-0.4, -0.2) is 140 Å². The minimum Gasteiger partial charge on any atom is -1.00 e. The highest BCUT2D eigenvalue weighted by molar-refractivity contribution is 8.20. The van der Waals surface area contributed by atoms with Crippen LogP contribution < -0.4 is 73.2 Å². The normalized spacial score (nSPS) is 18.7. The van der Waals surface area contributed by atoms with E-state index in [9.17, 15) is 37.1 Å². The Balaban J connectivity index is 0.000000133. The molecule has 0 spiro atoms. The minimum absolute atomic E-state index is 0. The lowest BCUT2D eigenvalue weighted by molar-refractivity contribution is -0.675. The van der Waals surface area contributed by atoms with Gasteiger partial charge in [-0.3, -0.25) is 58.1 Å². The Labute approximate surface area is 915 Å². The average Bonchev–Trinajstić information content (AvgIpc) is 1.63. The van der Waals surface area contributed by atoms with Gasteiger partial charge in [0.05, 0.1) is 88.5 Å². The molecule has 754 valence electrons. The number of hydrogen-bond donors (Lipinski definition) is 0. The van der Waals surface area contributed by atoms with E-state index in [1.54, 1.807) is 115 Å². The summed E-state index contributed by atoms with van der Waals surface area (Å²) in [6, 6.07) is 76.1. The molecule has 0 bridgehead atoms. The van der Waals surface area contributed by atoms with E-state index in [1.165, 1.54) is 151 Å². The van der Waals surface area contributed by atoms with Crippen LogP contribution in [0.3, 0.4) is 0 Å². The second-order valence-corrected chi connectivity index (χ2v) is 43.4. The summed E-state index contributed by atoms with van der Waals surface area (Å²) in [5, 5.41) is 6.75. The van der Waals surface area contributed by atoms with E-state index in [0.29, 0.717) is 101 Å². The Kier molecular flexibility index (Phi) is 35.5. The van der Waals surface area contributed by atoms with Gasteiger partial charge in [-0.15, -0.1) is 24.5 Å². The predicted molar refractivity (Wildman–Crippen MR) is 600 cm³/mol. The molecule has 8 aromatic carbocycles. The third-order valence-electron chi connectivity index (χ3n) is 23.8. The third-order valence-corrected chi connectivity index (χ3v) is 35.9. The van der Waals surface area contributed by atoms with E-state index in [2.05, 4.69) is 101 Å². The zero-order valence-electron chi connectivity index (χ0n) is 81.7. The molecule has 24 nitrogen and oxygen atoms in total. The maximum absolute atomic E-state index is 14.2. The molecule has 0 N–H and O–H groups in total. The topological polar surface area (TPSA) is 207 Å². The Morgan fingerprint density at radius 3 is 1.34 bits per heavy atom. The number of thiazole rings is 1. The van der Waals surface area contributed by atoms with Crippen molar-refractivity contribution in [1.29, 1.82) is 0 Å². The Morgan fingerprint density at radius 2 is 0.839 bits per heavy atom. The predicted octanol–water partition coefficient (Wildman–Crippen LogP) is 16.9. The lowest BCUT2D eigenvalue weighted by Gasteiger charge is -2.15. The van der Waals surface area contributed by atoms with Gasteiger partial charge < -0.3 is 49.3 Å². The van der Waals surface area contributed by atoms with Crippen molar-refractivity contribution in [2.75, 3.05) is 85.9 Å². The largest absolute Gasteiger partial charge is 1.00 e. The first-order valence-corrected chi connectivity index (χ1v) is 54.5. The minimum atomic E-state index is -0.304. The number of rotatable bonds is 16. The number of para-hydroxylation sites is 2. The molecular formula is C110H94Cl2F3N19O5S10. The quantitative estimate of drug-likeness (QED) is 0.0381. The van der Waals surface area contributed by atoms with E-state index < -0.39 is 0 Å². The van der Waals surface area contributed by atoms with Gasteiger partial charge in [-0.05, 0) is 228 Å². The molecule has 4 saturated heterocycles. The van der Waals surface area contributed by atoms with Crippen molar-refractivity contribution in [3.8, 4) is 0 Å². The van der Waals surface area contributed by atoms with Gasteiger partial charge in [-0.25, -0.2) is 37.1 Å². The molecule has 0 aliphatic carbocycles. The fraction of sp³-hybridized carbons (Fsp3) is 0.145. The van der Waals surface area contributed by atoms with Gasteiger partial charge in [0.25, 0.3) is 39.5 Å². The summed E-state index contributed by atoms with van der Waals surface area (Å²) in [6.07, 6.45) is 16.1. The lowest BCUT2D eigenvalue weighted by atomic mass is 10.2. The monoisotopic (exact) mass is 2210 g/mol. The number of anilines is 5. The number of benzene rings is 8. The first-order valence-electron chi connectivity index (χ1n) is 46.4. The molecule has 4 fully saturated rings. The second kappa shape index (κ2) is 48.9. The highest BCUT2D eigenvalue weighted by Gasteiger charge is 2.46. The van der Waals surface area contributed by atoms with Crippen molar-refractivity contribution >= 4 is 230 Å². The van der Waals surface area contributed by atoms with E-state index in [4.69, 9.17) is 16.6 Å². The number of aryl methyl sites for hydroxylation is 1. The first-order chi connectivity index (χ1) is 71.4. The summed E-state index contributed by atoms with van der Waals surface area (Å²) in [6.45, 7) is 26.6. The maximum atomic E-state index is 14.2. The number of nitrogens with zero attached hydrogens (tertiary/aromatic N) is 19. The number of aromatic nitrogens is 5. The van der Waals surface area contributed by atoms with Crippen LogP contribution in [-0.2, 0) is 38.8 Å². The third kappa shape index (κ3) is 23.4. The van der Waals surface area contributed by atoms with Gasteiger partial charge in [0.2, 0.25) is 0 Å². The zero-order chi connectivity index (χ0) is 103. The molecule has 13 aromatic rings. The van der Waals surface area contributed by atoms with E-state index >= 15 is 0 Å². The highest BCUT2D eigenvalue weighted by Crippen LogP contribution is 2.56. The van der Waals surface area contributed by atoms with Crippen molar-refractivity contribution in [2.24, 2.45) is 20.0 Å². The Morgan fingerprint density at radius 1 is 0.409 bits per heavy atom. The lowest BCUT2D eigenvalue weighted by Crippen LogP contribution is -3.00. The van der Waals surface area contributed by atoms with Crippen molar-refractivity contribution in [1.82, 2.24) is 34.1 Å². The molecule has 4 amide bonds. The molecular weight excluding hydrogens is 2120 g/mol. The molecule has 5 aromatic heterocycles. The van der Waals surface area contributed by atoms with Crippen LogP contribution in [0.15, 0.2) is 394 Å². The fourth-order valence-electron chi connectivity index (χ4n) is 16.4. The fourth-order valence-corrected chi connectivity index (χ4v) is 28.5. The summed E-state index contributed by atoms with van der Waals surface area (Å²) < 4.78 is 49.3. The van der Waals surface area contributed by atoms with Crippen LogP contribution in [0, 0.1) is 30.9 Å². The SMILES string of the molecule is C=CCN1C(=O)/C(=C2\Sc3cccc(F)c3N2C)SC1=Nc1ccncc1.C=CCn1c(=O)/c(=C2\Sc3c(F)cccc3N2C)s/c1=C\c1ccncc1.CCN1C(=O)/C(=C2\Sc3cc(C)ccc3N2C)SC1=Nc1cccc[n+]1Cc1ccccc1.CCN1C(=O)/C(=C2\Sc3cc(F)ccc3N2C)SC1=Nc1ccccc1.[C-]#[N+]c1ccc2c(c1)S/C(=C1/SC(=Nc3cccc[n+]3Cc3ccccc3)N(CC)C1=O)N2C.[Cl-].[Cl-]. The molecule has 22 rings (SSSR count). The maximum Gasteiger partial charge on any atom is 0.326 e. The molecule has 14 heterocycles. The summed E-state index contributed by atoms with van der Waals surface area (Å²) in [5.74, 6) is 0.535. The van der Waals surface area contributed by atoms with Crippen LogP contribution in [0.5, 0.6) is 0 Å². The van der Waals surface area contributed by atoms with E-state index in [-0.39, 0.29) is 71.5 Å². The number of amidine groups is 4. The molecule has 0 atom stereocenters. The highest BCUT2D eigenvalue weighted by atomic mass is 35.5. The van der Waals surface area contributed by atoms with E-state index in [1.807, 2.05) is 228 Å². The smallest absolute Gasteiger partial charge is 0.326 e. The van der Waals surface area contributed by atoms with Gasteiger partial charge in [-0.2, -0.15) is 0 Å². The molecule has 0 unspecified atom stereocenters. The molecule has 149 heavy (non-hydrogen) atoms. The average molecular weight is 2210 g/mol. The van der Waals surface area contributed by atoms with Gasteiger partial charge in [0, 0.05) is 124 Å². The number of fused-ring (bicyclic) bond motifs is 5. The number of hydrogen-bond acceptors (Lipinski definition) is 26. The van der Waals surface area contributed by atoms with E-state index in [0.717, 1.165) is 102 Å². The van der Waals surface area contributed by atoms with Crippen LogP contribution in [0.4, 0.5) is 70.3 Å². The van der Waals surface area contributed by atoms with Gasteiger partial charge in [-0.1, -0.05) is 186 Å². The summed E-state index contributed by atoms with van der Waals surface area (Å²) in [4.78, 5) is 120. The number of carbonyl (C=O) groups excluding carboxylic acids is 4. The standard InChI is InChI=1S/C26H22N5OS2.C26H25N4OS2.C20H16FN3OS2.C19H15FN4OS2.C19H16FN3OS2.2ClH/c1-4-31-24(32)23(25-29(3)20-14-13-19(27-2)16-21(20)33-25)34-26(31)28-22-12-8-9-15-30(22)17-18-10-6-5-7-11-18;1-4-30-24(31)23(25-28(3)20-14-13-18(2)16-21(20)32-25)33-26(30)27-22-12-8-9-15-29(22)17-19-10-6-5-7-11-19;1-3-11-24-16(12-13-7-9-22-10-8-13)26-18(19(24)25)20-23(2)15-6-4-5-14(21)17(15)27-20;1-3-11-24-17(25)16(27-19(24)22-12-7-9-21-10-8-12)18-23(2)15-13(20)5-4-6-14(15)26-18;1-3-23-17(24)16(26-19(23)21-13-7-5-4-6-8-13)18-22(2)14-10-9-12(20)11-15(14)25-18;;/h5-16H,4,17H2,1,3H3;5-16H,4,17H2,1-3H3;3-10,12H,1,11H2,2H3;3-10H,1,11H2,2H3;4-11H,3H2,1-2H3;2*1H/q2*+1;;;;;/p-2/b2*25-23+;16-12-,20-18+;18-16+,22-19?;18-16+,21-19?;;. The Hall–Kier alpha value is -13.5. The van der Waals surface area contributed by atoms with Crippen molar-refractivity contribution in [3.63, 3.8) is 0 Å². The first kappa shape index (κ1) is 108. The molecule has 9 aliphatic rings. The molecule has 39 heteroatoms.